The molecular formula is C18H24N2S. The van der Waals surface area contributed by atoms with E-state index < -0.39 is 0 Å². The molecule has 3 heteroatoms. The lowest BCUT2D eigenvalue weighted by Gasteiger charge is -2.40. The van der Waals surface area contributed by atoms with Crippen molar-refractivity contribution in [3.63, 3.8) is 0 Å². The van der Waals surface area contributed by atoms with Gasteiger partial charge in [-0.05, 0) is 48.6 Å². The molecule has 0 spiro atoms. The molecule has 1 aliphatic carbocycles. The highest BCUT2D eigenvalue weighted by Gasteiger charge is 2.34. The van der Waals surface area contributed by atoms with Gasteiger partial charge in [0.05, 0.1) is 0 Å². The van der Waals surface area contributed by atoms with Crippen LogP contribution in [0.1, 0.15) is 42.0 Å². The fourth-order valence-electron chi connectivity index (χ4n) is 3.37. The Morgan fingerprint density at radius 3 is 2.48 bits per heavy atom. The predicted octanol–water partition coefficient (Wildman–Crippen LogP) is 3.89. The van der Waals surface area contributed by atoms with Crippen molar-refractivity contribution in [1.29, 1.82) is 0 Å². The summed E-state index contributed by atoms with van der Waals surface area (Å²) in [7, 11) is 0. The minimum Gasteiger partial charge on any atom is -0.329 e. The second-order valence-corrected chi connectivity index (χ2v) is 7.13. The van der Waals surface area contributed by atoms with E-state index in [9.17, 15) is 0 Å². The minimum atomic E-state index is 0.134. The molecular weight excluding hydrogens is 276 g/mol. The number of nitrogens with two attached hydrogens (primary N) is 1. The lowest BCUT2D eigenvalue weighted by Crippen LogP contribution is -2.52. The molecule has 1 aliphatic rings. The number of thiophene rings is 1. The average molecular weight is 300 g/mol. The van der Waals surface area contributed by atoms with Gasteiger partial charge >= 0.3 is 0 Å². The number of rotatable bonds is 5. The molecule has 3 rings (SSSR count). The Hall–Kier alpha value is -1.16. The van der Waals surface area contributed by atoms with Gasteiger partial charge in [-0.3, -0.25) is 0 Å². The zero-order valence-corrected chi connectivity index (χ0v) is 13.2. The monoisotopic (exact) mass is 300 g/mol. The molecule has 0 aliphatic heterocycles. The van der Waals surface area contributed by atoms with Crippen molar-refractivity contribution >= 4 is 11.3 Å². The first-order valence-corrected chi connectivity index (χ1v) is 8.72. The zero-order valence-electron chi connectivity index (χ0n) is 12.4. The highest BCUT2D eigenvalue weighted by molar-refractivity contribution is 7.09. The molecule has 1 saturated carbocycles. The van der Waals surface area contributed by atoms with Crippen molar-refractivity contribution in [2.24, 2.45) is 5.73 Å². The van der Waals surface area contributed by atoms with Crippen molar-refractivity contribution in [2.75, 3.05) is 6.54 Å². The molecule has 2 nitrogen and oxygen atoms in total. The van der Waals surface area contributed by atoms with Gasteiger partial charge in [-0.2, -0.15) is 0 Å². The summed E-state index contributed by atoms with van der Waals surface area (Å²) in [5.74, 6) is 0.703. The quantitative estimate of drug-likeness (QED) is 0.879. The van der Waals surface area contributed by atoms with Gasteiger partial charge in [0.25, 0.3) is 0 Å². The maximum atomic E-state index is 6.10. The highest BCUT2D eigenvalue weighted by atomic mass is 32.1. The van der Waals surface area contributed by atoms with Gasteiger partial charge in [0.15, 0.2) is 0 Å². The van der Waals surface area contributed by atoms with Gasteiger partial charge in [0, 0.05) is 23.5 Å². The predicted molar refractivity (Wildman–Crippen MR) is 90.6 cm³/mol. The summed E-state index contributed by atoms with van der Waals surface area (Å²) in [6.45, 7) is 1.69. The maximum Gasteiger partial charge on any atom is 0.0307 e. The zero-order chi connectivity index (χ0) is 14.5. The summed E-state index contributed by atoms with van der Waals surface area (Å²) in [4.78, 5) is 1.40. The van der Waals surface area contributed by atoms with Gasteiger partial charge in [0.2, 0.25) is 0 Å². The third-order valence-electron chi connectivity index (χ3n) is 4.82. The van der Waals surface area contributed by atoms with Crippen molar-refractivity contribution in [1.82, 2.24) is 5.32 Å². The fraction of sp³-hybridized carbons (Fsp3) is 0.444. The Labute approximate surface area is 131 Å². The van der Waals surface area contributed by atoms with Crippen LogP contribution < -0.4 is 11.1 Å². The first kappa shape index (κ1) is 14.8. The molecule has 3 N–H and O–H groups in total. The van der Waals surface area contributed by atoms with Crippen molar-refractivity contribution in [2.45, 2.75) is 43.7 Å². The smallest absolute Gasteiger partial charge is 0.0307 e. The summed E-state index contributed by atoms with van der Waals surface area (Å²) >= 11 is 1.81. The van der Waals surface area contributed by atoms with Crippen LogP contribution in [-0.2, 0) is 6.54 Å². The van der Waals surface area contributed by atoms with E-state index in [0.29, 0.717) is 5.92 Å². The Kier molecular flexibility index (Phi) is 4.73. The van der Waals surface area contributed by atoms with E-state index in [1.54, 1.807) is 0 Å². The SMILES string of the molecule is NCC1(NCc2cccs2)CCC(c2ccccc2)CC1. The van der Waals surface area contributed by atoms with Gasteiger partial charge in [-0.15, -0.1) is 11.3 Å². The lowest BCUT2D eigenvalue weighted by atomic mass is 9.74. The molecule has 0 bridgehead atoms. The summed E-state index contributed by atoms with van der Waals surface area (Å²) in [6, 6.07) is 15.2. The molecule has 2 aromatic rings. The number of hydrogen-bond donors (Lipinski definition) is 2. The lowest BCUT2D eigenvalue weighted by molar-refractivity contribution is 0.220. The Balaban J connectivity index is 1.59. The Bertz CT molecular complexity index is 528. The number of hydrogen-bond acceptors (Lipinski definition) is 3. The number of nitrogens with one attached hydrogen (secondary N) is 1. The Morgan fingerprint density at radius 1 is 1.10 bits per heavy atom. The fourth-order valence-corrected chi connectivity index (χ4v) is 4.01. The first-order valence-electron chi connectivity index (χ1n) is 7.84. The second-order valence-electron chi connectivity index (χ2n) is 6.10. The van der Waals surface area contributed by atoms with E-state index in [-0.39, 0.29) is 5.54 Å². The van der Waals surface area contributed by atoms with E-state index >= 15 is 0 Å². The van der Waals surface area contributed by atoms with Crippen LogP contribution in [-0.4, -0.2) is 12.1 Å². The van der Waals surface area contributed by atoms with Crippen molar-refractivity contribution in [3.8, 4) is 0 Å². The largest absolute Gasteiger partial charge is 0.329 e. The van der Waals surface area contributed by atoms with Crippen LogP contribution in [0.4, 0.5) is 0 Å². The van der Waals surface area contributed by atoms with Crippen LogP contribution in [0.15, 0.2) is 47.8 Å². The topological polar surface area (TPSA) is 38.0 Å². The Morgan fingerprint density at radius 2 is 1.86 bits per heavy atom. The van der Waals surface area contributed by atoms with Gasteiger partial charge in [-0.25, -0.2) is 0 Å². The van der Waals surface area contributed by atoms with Crippen molar-refractivity contribution in [3.05, 3.63) is 58.3 Å². The van der Waals surface area contributed by atoms with E-state index in [1.807, 2.05) is 11.3 Å². The number of benzene rings is 1. The molecule has 0 radical (unpaired) electrons. The minimum absolute atomic E-state index is 0.134. The molecule has 0 unspecified atom stereocenters. The second kappa shape index (κ2) is 6.73. The van der Waals surface area contributed by atoms with Gasteiger partial charge in [-0.1, -0.05) is 36.4 Å². The summed E-state index contributed by atoms with van der Waals surface area (Å²) < 4.78 is 0. The standard InChI is InChI=1S/C18H24N2S/c19-14-18(20-13-17-7-4-12-21-17)10-8-16(9-11-18)15-5-2-1-3-6-15/h1-7,12,16,20H,8-11,13-14,19H2. The summed E-state index contributed by atoms with van der Waals surface area (Å²) in [5, 5.41) is 5.88. The van der Waals surface area contributed by atoms with Crippen LogP contribution in [0.2, 0.25) is 0 Å². The summed E-state index contributed by atoms with van der Waals surface area (Å²) in [5.41, 5.74) is 7.72. The van der Waals surface area contributed by atoms with E-state index in [0.717, 1.165) is 13.1 Å². The molecule has 0 atom stereocenters. The van der Waals surface area contributed by atoms with Gasteiger partial charge < -0.3 is 11.1 Å². The molecule has 1 fully saturated rings. The highest BCUT2D eigenvalue weighted by Crippen LogP contribution is 2.37. The van der Waals surface area contributed by atoms with E-state index in [4.69, 9.17) is 5.73 Å². The van der Waals surface area contributed by atoms with Crippen LogP contribution in [0.3, 0.4) is 0 Å². The van der Waals surface area contributed by atoms with Crippen LogP contribution in [0.5, 0.6) is 0 Å². The van der Waals surface area contributed by atoms with Crippen LogP contribution in [0, 0.1) is 0 Å². The molecule has 1 aromatic carbocycles. The molecule has 21 heavy (non-hydrogen) atoms. The molecule has 112 valence electrons. The van der Waals surface area contributed by atoms with E-state index in [2.05, 4.69) is 53.2 Å². The molecule has 0 saturated heterocycles. The molecule has 1 heterocycles. The van der Waals surface area contributed by atoms with E-state index in [1.165, 1.54) is 36.1 Å². The first-order chi connectivity index (χ1) is 10.3. The third kappa shape index (κ3) is 3.54. The van der Waals surface area contributed by atoms with Crippen LogP contribution in [0.25, 0.3) is 0 Å². The maximum absolute atomic E-state index is 6.10. The van der Waals surface area contributed by atoms with Gasteiger partial charge in [0.1, 0.15) is 0 Å². The normalized spacial score (nSPS) is 25.9. The molecule has 1 aromatic heterocycles. The van der Waals surface area contributed by atoms with Crippen molar-refractivity contribution < 1.29 is 0 Å². The van der Waals surface area contributed by atoms with Crippen LogP contribution >= 0.6 is 11.3 Å². The summed E-state index contributed by atoms with van der Waals surface area (Å²) in [6.07, 6.45) is 4.82. The average Bonchev–Trinajstić information content (AvgIpc) is 3.08. The molecule has 0 amide bonds. The third-order valence-corrected chi connectivity index (χ3v) is 5.70.